The number of hydrogen-bond acceptors (Lipinski definition) is 2. The maximum Gasteiger partial charge on any atom is 0.416 e. The molecule has 4 rings (SSSR count). The van der Waals surface area contributed by atoms with Gasteiger partial charge < -0.3 is 5.32 Å². The average Bonchev–Trinajstić information content (AvgIpc) is 2.96. The summed E-state index contributed by atoms with van der Waals surface area (Å²) in [4.78, 5) is 1.88. The van der Waals surface area contributed by atoms with Crippen LogP contribution in [0.5, 0.6) is 0 Å². The van der Waals surface area contributed by atoms with Gasteiger partial charge in [0.05, 0.1) is 17.7 Å². The minimum absolute atomic E-state index is 0.265. The van der Waals surface area contributed by atoms with Gasteiger partial charge in [-0.2, -0.15) is 26.3 Å². The smallest absolute Gasteiger partial charge is 0.312 e. The second-order valence-electron chi connectivity index (χ2n) is 9.95. The van der Waals surface area contributed by atoms with Crippen molar-refractivity contribution in [2.45, 2.75) is 38.4 Å². The van der Waals surface area contributed by atoms with Gasteiger partial charge in [0.2, 0.25) is 0 Å². The zero-order valence-corrected chi connectivity index (χ0v) is 22.8. The molecule has 4 aromatic carbocycles. The minimum atomic E-state index is -4.43. The SMILES string of the molecule is FC(F)(F)c1ccc(CN(CC#Cc2cccc(CNCCc3ccccc3)c2)Cc2ccc(C(F)(F)F)cc2)cc1. The van der Waals surface area contributed by atoms with Crippen molar-refractivity contribution in [3.05, 3.63) is 142 Å². The van der Waals surface area contributed by atoms with Crippen LogP contribution in [0.25, 0.3) is 0 Å². The largest absolute Gasteiger partial charge is 0.416 e. The summed E-state index contributed by atoms with van der Waals surface area (Å²) in [6, 6.07) is 27.8. The van der Waals surface area contributed by atoms with Gasteiger partial charge in [-0.1, -0.05) is 78.6 Å². The Kier molecular flexibility index (Phi) is 10.5. The van der Waals surface area contributed by atoms with E-state index in [-0.39, 0.29) is 19.6 Å². The molecule has 0 saturated heterocycles. The van der Waals surface area contributed by atoms with Crippen LogP contribution in [0.15, 0.2) is 103 Å². The molecule has 0 amide bonds. The Labute approximate surface area is 242 Å². The highest BCUT2D eigenvalue weighted by Crippen LogP contribution is 2.30. The first-order valence-electron chi connectivity index (χ1n) is 13.4. The summed E-state index contributed by atoms with van der Waals surface area (Å²) in [6.07, 6.45) is -7.94. The van der Waals surface area contributed by atoms with E-state index >= 15 is 0 Å². The molecule has 0 atom stereocenters. The van der Waals surface area contributed by atoms with Crippen LogP contribution in [0.2, 0.25) is 0 Å². The number of hydrogen-bond donors (Lipinski definition) is 1. The third-order valence-electron chi connectivity index (χ3n) is 6.60. The van der Waals surface area contributed by atoms with E-state index in [1.807, 2.05) is 47.4 Å². The van der Waals surface area contributed by atoms with E-state index in [9.17, 15) is 26.3 Å². The predicted molar refractivity (Wildman–Crippen MR) is 152 cm³/mol. The van der Waals surface area contributed by atoms with Crippen molar-refractivity contribution < 1.29 is 26.3 Å². The van der Waals surface area contributed by atoms with Crippen LogP contribution in [0.1, 0.15) is 38.9 Å². The highest BCUT2D eigenvalue weighted by Gasteiger charge is 2.30. The lowest BCUT2D eigenvalue weighted by molar-refractivity contribution is -0.138. The third kappa shape index (κ3) is 9.79. The fourth-order valence-corrected chi connectivity index (χ4v) is 4.40. The number of halogens is 6. The second kappa shape index (κ2) is 14.2. The monoisotopic (exact) mass is 580 g/mol. The molecule has 0 aliphatic rings. The summed E-state index contributed by atoms with van der Waals surface area (Å²) in [7, 11) is 0. The summed E-state index contributed by atoms with van der Waals surface area (Å²) in [6.45, 7) is 2.35. The highest BCUT2D eigenvalue weighted by molar-refractivity contribution is 5.37. The average molecular weight is 581 g/mol. The van der Waals surface area contributed by atoms with Gasteiger partial charge in [-0.3, -0.25) is 4.90 Å². The molecule has 0 unspecified atom stereocenters. The van der Waals surface area contributed by atoms with Gasteiger partial charge in [-0.25, -0.2) is 0 Å². The summed E-state index contributed by atoms with van der Waals surface area (Å²) in [5, 5.41) is 3.44. The summed E-state index contributed by atoms with van der Waals surface area (Å²) >= 11 is 0. The lowest BCUT2D eigenvalue weighted by atomic mass is 10.1. The van der Waals surface area contributed by atoms with Crippen LogP contribution in [0.3, 0.4) is 0 Å². The van der Waals surface area contributed by atoms with E-state index in [2.05, 4.69) is 29.3 Å². The fraction of sp³-hybridized carbons (Fsp3) is 0.235. The van der Waals surface area contributed by atoms with E-state index < -0.39 is 23.5 Å². The summed E-state index contributed by atoms with van der Waals surface area (Å²) < 4.78 is 77.9. The molecule has 2 nitrogen and oxygen atoms in total. The van der Waals surface area contributed by atoms with Crippen molar-refractivity contribution in [3.8, 4) is 11.8 Å². The molecular formula is C34H30F6N2. The van der Waals surface area contributed by atoms with Gasteiger partial charge in [0.25, 0.3) is 0 Å². The molecular weight excluding hydrogens is 550 g/mol. The van der Waals surface area contributed by atoms with Gasteiger partial charge in [0, 0.05) is 25.2 Å². The van der Waals surface area contributed by atoms with E-state index in [0.717, 1.165) is 48.4 Å². The van der Waals surface area contributed by atoms with Crippen molar-refractivity contribution >= 4 is 0 Å². The zero-order chi connectivity index (χ0) is 30.0. The Morgan fingerprint density at radius 1 is 0.595 bits per heavy atom. The fourth-order valence-electron chi connectivity index (χ4n) is 4.40. The molecule has 1 N–H and O–H groups in total. The van der Waals surface area contributed by atoms with Crippen molar-refractivity contribution in [1.29, 1.82) is 0 Å². The molecule has 4 aromatic rings. The van der Waals surface area contributed by atoms with E-state index in [1.165, 1.54) is 29.8 Å². The topological polar surface area (TPSA) is 15.3 Å². The van der Waals surface area contributed by atoms with Gasteiger partial charge in [0.1, 0.15) is 0 Å². The Morgan fingerprint density at radius 3 is 1.69 bits per heavy atom. The van der Waals surface area contributed by atoms with Crippen LogP contribution >= 0.6 is 0 Å². The second-order valence-corrected chi connectivity index (χ2v) is 9.95. The molecule has 0 heterocycles. The number of rotatable bonds is 10. The first-order chi connectivity index (χ1) is 20.1. The number of benzene rings is 4. The molecule has 0 bridgehead atoms. The Morgan fingerprint density at radius 2 is 1.14 bits per heavy atom. The van der Waals surface area contributed by atoms with Crippen LogP contribution in [0.4, 0.5) is 26.3 Å². The van der Waals surface area contributed by atoms with E-state index in [0.29, 0.717) is 17.7 Å². The molecule has 0 radical (unpaired) electrons. The minimum Gasteiger partial charge on any atom is -0.312 e. The van der Waals surface area contributed by atoms with Crippen LogP contribution in [-0.4, -0.2) is 18.0 Å². The summed E-state index contributed by atoms with van der Waals surface area (Å²) in [5.74, 6) is 6.27. The van der Waals surface area contributed by atoms with Crippen LogP contribution < -0.4 is 5.32 Å². The highest BCUT2D eigenvalue weighted by atomic mass is 19.4. The van der Waals surface area contributed by atoms with Crippen molar-refractivity contribution in [3.63, 3.8) is 0 Å². The zero-order valence-electron chi connectivity index (χ0n) is 22.8. The van der Waals surface area contributed by atoms with Gasteiger partial charge in [-0.15, -0.1) is 0 Å². The van der Waals surface area contributed by atoms with Gasteiger partial charge >= 0.3 is 12.4 Å². The van der Waals surface area contributed by atoms with Crippen LogP contribution in [0, 0.1) is 11.8 Å². The van der Waals surface area contributed by atoms with Crippen molar-refractivity contribution in [2.24, 2.45) is 0 Å². The molecule has 218 valence electrons. The molecule has 0 aromatic heterocycles. The normalized spacial score (nSPS) is 11.8. The molecule has 8 heteroatoms. The molecule has 0 aliphatic carbocycles. The molecule has 42 heavy (non-hydrogen) atoms. The van der Waals surface area contributed by atoms with Crippen molar-refractivity contribution in [2.75, 3.05) is 13.1 Å². The molecule has 0 fully saturated rings. The Hall–Kier alpha value is -4.06. The van der Waals surface area contributed by atoms with E-state index in [1.54, 1.807) is 0 Å². The number of alkyl halides is 6. The molecule has 0 spiro atoms. The maximum absolute atomic E-state index is 13.0. The quantitative estimate of drug-likeness (QED) is 0.116. The molecule has 0 saturated carbocycles. The number of nitrogens with one attached hydrogen (secondary N) is 1. The summed E-state index contributed by atoms with van der Waals surface area (Å²) in [5.41, 5.74) is 2.97. The Balaban J connectivity index is 1.41. The number of nitrogens with zero attached hydrogens (tertiary/aromatic N) is 1. The predicted octanol–water partition coefficient (Wildman–Crippen LogP) is 8.11. The maximum atomic E-state index is 13.0. The van der Waals surface area contributed by atoms with Crippen LogP contribution in [-0.2, 0) is 38.4 Å². The van der Waals surface area contributed by atoms with Crippen molar-refractivity contribution in [1.82, 2.24) is 10.2 Å². The Bertz CT molecular complexity index is 1410. The lowest BCUT2D eigenvalue weighted by Gasteiger charge is -2.21. The lowest BCUT2D eigenvalue weighted by Crippen LogP contribution is -2.23. The third-order valence-corrected chi connectivity index (χ3v) is 6.60. The van der Waals surface area contributed by atoms with Gasteiger partial charge in [-0.05, 0) is 71.6 Å². The van der Waals surface area contributed by atoms with Gasteiger partial charge in [0.15, 0.2) is 0 Å². The first-order valence-corrected chi connectivity index (χ1v) is 13.4. The molecule has 0 aliphatic heterocycles. The first kappa shape index (κ1) is 30.9. The van der Waals surface area contributed by atoms with E-state index in [4.69, 9.17) is 0 Å². The standard InChI is InChI=1S/C34H30F6N2/c35-33(36,37)31-15-11-28(12-16-31)24-42(25-29-13-17-32(18-14-29)34(38,39)40)21-5-10-27-8-4-9-30(22-27)23-41-20-19-26-6-2-1-3-7-26/h1-4,6-9,11-18,22,41H,19-21,23-25H2.